The minimum Gasteiger partial charge on any atom is -0.445 e. The summed E-state index contributed by atoms with van der Waals surface area (Å²) in [6, 6.07) is 9.03. The van der Waals surface area contributed by atoms with Crippen LogP contribution in [0.5, 0.6) is 0 Å². The van der Waals surface area contributed by atoms with Gasteiger partial charge in [-0.05, 0) is 63.6 Å². The number of carbonyl (C=O) groups excluding carboxylic acids is 3. The van der Waals surface area contributed by atoms with Crippen molar-refractivity contribution in [3.05, 3.63) is 47.7 Å². The molecule has 0 aromatic heterocycles. The minimum absolute atomic E-state index is 0.0148. The maximum absolute atomic E-state index is 13.4. The molecule has 1 atom stereocenters. The van der Waals surface area contributed by atoms with Crippen LogP contribution in [-0.2, 0) is 20.9 Å². The summed E-state index contributed by atoms with van der Waals surface area (Å²) in [4.78, 5) is 42.8. The zero-order valence-electron chi connectivity index (χ0n) is 22.1. The molecule has 2 saturated heterocycles. The lowest BCUT2D eigenvalue weighted by Gasteiger charge is -2.51. The third-order valence-corrected chi connectivity index (χ3v) is 7.24. The number of hydrogen-bond donors (Lipinski definition) is 2. The van der Waals surface area contributed by atoms with Gasteiger partial charge in [0.05, 0.1) is 0 Å². The van der Waals surface area contributed by atoms with Gasteiger partial charge in [-0.2, -0.15) is 0 Å². The fourth-order valence-corrected chi connectivity index (χ4v) is 4.98. The average Bonchev–Trinajstić information content (AvgIpc) is 2.89. The highest BCUT2D eigenvalue weighted by molar-refractivity contribution is 6.00. The normalized spacial score (nSPS) is 19.9. The largest absolute Gasteiger partial charge is 0.445 e. The van der Waals surface area contributed by atoms with Gasteiger partial charge in [0.25, 0.3) is 0 Å². The number of likely N-dealkylation sites (tertiary alicyclic amines) is 1. The number of amides is 3. The van der Waals surface area contributed by atoms with Gasteiger partial charge in [-0.1, -0.05) is 49.8 Å². The summed E-state index contributed by atoms with van der Waals surface area (Å²) in [5, 5.41) is 5.80. The standard InChI is InChI=1S/C28H42N4O4/c1-4-17-32-25(33)24(13-9-10-16-29-27(35)36-21-23-11-7-6-8-12-23)30-26(34)28(32)14-18-31(19-15-28)20-22(3)5-2/h6-8,11-12,20,24H,4-5,9-10,13-19,21H2,1-3H3,(H,29,35)(H,30,34)/b22-20+/t24-/m0/s1. The molecule has 1 aromatic rings. The minimum atomic E-state index is -0.738. The quantitative estimate of drug-likeness (QED) is 0.451. The Labute approximate surface area is 215 Å². The molecule has 8 heteroatoms. The Morgan fingerprint density at radius 2 is 1.89 bits per heavy atom. The van der Waals surface area contributed by atoms with E-state index in [1.807, 2.05) is 42.2 Å². The maximum Gasteiger partial charge on any atom is 0.407 e. The predicted molar refractivity (Wildman–Crippen MR) is 140 cm³/mol. The van der Waals surface area contributed by atoms with Gasteiger partial charge in [0.1, 0.15) is 18.2 Å². The average molecular weight is 499 g/mol. The van der Waals surface area contributed by atoms with Crippen molar-refractivity contribution in [1.82, 2.24) is 20.4 Å². The number of unbranched alkanes of at least 4 members (excludes halogenated alkanes) is 1. The fraction of sp³-hybridized carbons (Fsp3) is 0.607. The van der Waals surface area contributed by atoms with Gasteiger partial charge in [-0.3, -0.25) is 9.59 Å². The van der Waals surface area contributed by atoms with Gasteiger partial charge >= 0.3 is 6.09 Å². The number of nitrogens with zero attached hydrogens (tertiary/aromatic N) is 2. The van der Waals surface area contributed by atoms with Crippen molar-refractivity contribution in [3.63, 3.8) is 0 Å². The number of nitrogens with one attached hydrogen (secondary N) is 2. The molecule has 8 nitrogen and oxygen atoms in total. The van der Waals surface area contributed by atoms with Crippen LogP contribution in [0.15, 0.2) is 42.1 Å². The van der Waals surface area contributed by atoms with Crippen molar-refractivity contribution in [3.8, 4) is 0 Å². The number of benzene rings is 1. The van der Waals surface area contributed by atoms with Crippen LogP contribution >= 0.6 is 0 Å². The number of hydrogen-bond acceptors (Lipinski definition) is 5. The molecule has 2 N–H and O–H groups in total. The summed E-state index contributed by atoms with van der Waals surface area (Å²) in [6.07, 6.45) is 6.86. The summed E-state index contributed by atoms with van der Waals surface area (Å²) >= 11 is 0. The number of allylic oxidation sites excluding steroid dienone is 1. The lowest BCUT2D eigenvalue weighted by atomic mass is 9.81. The smallest absolute Gasteiger partial charge is 0.407 e. The van der Waals surface area contributed by atoms with E-state index in [0.29, 0.717) is 38.8 Å². The Hall–Kier alpha value is -3.03. The molecule has 0 unspecified atom stereocenters. The highest BCUT2D eigenvalue weighted by Crippen LogP contribution is 2.34. The van der Waals surface area contributed by atoms with Crippen LogP contribution in [0.3, 0.4) is 0 Å². The SMILES string of the molecule is CCCN1C(=O)[C@H](CCCCNC(=O)OCc2ccccc2)NC(=O)C12CCN(/C=C(\C)CC)CC2. The van der Waals surface area contributed by atoms with E-state index in [4.69, 9.17) is 4.74 Å². The van der Waals surface area contributed by atoms with Crippen LogP contribution in [0, 0.1) is 0 Å². The molecule has 0 radical (unpaired) electrons. The molecule has 1 aromatic carbocycles. The first kappa shape index (κ1) is 27.6. The van der Waals surface area contributed by atoms with Crippen LogP contribution in [0.25, 0.3) is 0 Å². The van der Waals surface area contributed by atoms with E-state index < -0.39 is 17.7 Å². The second kappa shape index (κ2) is 13.3. The summed E-state index contributed by atoms with van der Waals surface area (Å²) in [5.74, 6) is 0.0134. The number of ether oxygens (including phenoxy) is 1. The molecular formula is C28H42N4O4. The maximum atomic E-state index is 13.4. The molecule has 2 fully saturated rings. The monoisotopic (exact) mass is 498 g/mol. The zero-order chi connectivity index (χ0) is 26.0. The van der Waals surface area contributed by atoms with Gasteiger partial charge in [0, 0.05) is 26.2 Å². The van der Waals surface area contributed by atoms with Crippen molar-refractivity contribution in [2.45, 2.75) is 83.9 Å². The van der Waals surface area contributed by atoms with Crippen molar-refractivity contribution in [2.24, 2.45) is 0 Å². The van der Waals surface area contributed by atoms with E-state index in [0.717, 1.165) is 37.9 Å². The summed E-state index contributed by atoms with van der Waals surface area (Å²) in [5.41, 5.74) is 1.52. The summed E-state index contributed by atoms with van der Waals surface area (Å²) in [7, 11) is 0. The van der Waals surface area contributed by atoms with Crippen LogP contribution < -0.4 is 10.6 Å². The van der Waals surface area contributed by atoms with Crippen LogP contribution in [0.1, 0.15) is 71.3 Å². The molecule has 3 amide bonds. The second-order valence-electron chi connectivity index (χ2n) is 9.90. The Kier molecular flexibility index (Phi) is 10.2. The van der Waals surface area contributed by atoms with Crippen molar-refractivity contribution in [2.75, 3.05) is 26.2 Å². The molecule has 0 saturated carbocycles. The number of piperidine rings is 1. The number of piperazine rings is 1. The number of alkyl carbamates (subject to hydrolysis) is 1. The zero-order valence-corrected chi connectivity index (χ0v) is 22.1. The first-order chi connectivity index (χ1) is 17.4. The lowest BCUT2D eigenvalue weighted by Crippen LogP contribution is -2.72. The third-order valence-electron chi connectivity index (χ3n) is 7.24. The molecular weight excluding hydrogens is 456 g/mol. The van der Waals surface area contributed by atoms with E-state index in [1.54, 1.807) is 0 Å². The van der Waals surface area contributed by atoms with Gasteiger partial charge in [0.2, 0.25) is 11.8 Å². The highest BCUT2D eigenvalue weighted by atomic mass is 16.5. The van der Waals surface area contributed by atoms with Gasteiger partial charge in [0.15, 0.2) is 0 Å². The van der Waals surface area contributed by atoms with Gasteiger partial charge < -0.3 is 25.2 Å². The van der Waals surface area contributed by atoms with E-state index in [9.17, 15) is 14.4 Å². The van der Waals surface area contributed by atoms with Gasteiger partial charge in [-0.25, -0.2) is 4.79 Å². The first-order valence-electron chi connectivity index (χ1n) is 13.4. The molecule has 0 bridgehead atoms. The van der Waals surface area contributed by atoms with Crippen molar-refractivity contribution in [1.29, 1.82) is 0 Å². The molecule has 2 aliphatic heterocycles. The van der Waals surface area contributed by atoms with E-state index in [1.165, 1.54) is 5.57 Å². The Morgan fingerprint density at radius 3 is 2.56 bits per heavy atom. The topological polar surface area (TPSA) is 91.0 Å². The van der Waals surface area contributed by atoms with Crippen LogP contribution in [0.4, 0.5) is 4.79 Å². The highest BCUT2D eigenvalue weighted by Gasteiger charge is 2.52. The van der Waals surface area contributed by atoms with Crippen LogP contribution in [0.2, 0.25) is 0 Å². The molecule has 3 rings (SSSR count). The van der Waals surface area contributed by atoms with Gasteiger partial charge in [-0.15, -0.1) is 0 Å². The molecule has 1 spiro atoms. The predicted octanol–water partition coefficient (Wildman–Crippen LogP) is 3.97. The number of rotatable bonds is 11. The summed E-state index contributed by atoms with van der Waals surface area (Å²) in [6.45, 7) is 9.15. The molecule has 198 valence electrons. The number of carbonyl (C=O) groups is 3. The molecule has 36 heavy (non-hydrogen) atoms. The Bertz CT molecular complexity index is 909. The summed E-state index contributed by atoms with van der Waals surface area (Å²) < 4.78 is 5.22. The van der Waals surface area contributed by atoms with Crippen molar-refractivity contribution < 1.29 is 19.1 Å². The Morgan fingerprint density at radius 1 is 1.17 bits per heavy atom. The van der Waals surface area contributed by atoms with Crippen molar-refractivity contribution >= 4 is 17.9 Å². The lowest BCUT2D eigenvalue weighted by molar-refractivity contribution is -0.161. The van der Waals surface area contributed by atoms with E-state index in [-0.39, 0.29) is 18.4 Å². The Balaban J connectivity index is 1.45. The second-order valence-corrected chi connectivity index (χ2v) is 9.90. The molecule has 2 aliphatic rings. The van der Waals surface area contributed by atoms with E-state index >= 15 is 0 Å². The molecule has 0 aliphatic carbocycles. The van der Waals surface area contributed by atoms with Crippen LogP contribution in [-0.4, -0.2) is 65.5 Å². The first-order valence-corrected chi connectivity index (χ1v) is 13.4. The van der Waals surface area contributed by atoms with E-state index in [2.05, 4.69) is 35.6 Å². The third kappa shape index (κ3) is 7.02. The molecule has 2 heterocycles. The fourth-order valence-electron chi connectivity index (χ4n) is 4.98.